The van der Waals surface area contributed by atoms with Crippen molar-refractivity contribution in [2.24, 2.45) is 5.11 Å². The average Bonchev–Trinajstić information content (AvgIpc) is 2.50. The fourth-order valence-electron chi connectivity index (χ4n) is 2.56. The Labute approximate surface area is 115 Å². The Balaban J connectivity index is 2.66. The zero-order valence-electron chi connectivity index (χ0n) is 10.8. The van der Waals surface area contributed by atoms with Crippen molar-refractivity contribution < 1.29 is 10.2 Å². The highest BCUT2D eigenvalue weighted by Crippen LogP contribution is 2.47. The largest absolute Gasteiger partial charge is 0.507 e. The van der Waals surface area contributed by atoms with Crippen molar-refractivity contribution in [3.05, 3.63) is 36.4 Å². The zero-order chi connectivity index (χ0) is 14.3. The van der Waals surface area contributed by atoms with E-state index < -0.39 is 0 Å². The van der Waals surface area contributed by atoms with Crippen LogP contribution in [0.5, 0.6) is 11.5 Å². The second-order valence-electron chi connectivity index (χ2n) is 4.49. The van der Waals surface area contributed by atoms with Gasteiger partial charge in [-0.15, -0.1) is 0 Å². The molecule has 20 heavy (non-hydrogen) atoms. The van der Waals surface area contributed by atoms with Gasteiger partial charge in [-0.05, 0) is 12.1 Å². The molecule has 0 aromatic heterocycles. The lowest BCUT2D eigenvalue weighted by Gasteiger charge is -2.13. The van der Waals surface area contributed by atoms with E-state index in [1.165, 1.54) is 0 Å². The van der Waals surface area contributed by atoms with Gasteiger partial charge < -0.3 is 15.5 Å². The molecule has 0 radical (unpaired) electrons. The Kier molecular flexibility index (Phi) is 2.68. The quantitative estimate of drug-likeness (QED) is 0.320. The van der Waals surface area contributed by atoms with Crippen LogP contribution >= 0.6 is 0 Å². The van der Waals surface area contributed by atoms with E-state index in [9.17, 15) is 10.2 Å². The molecule has 0 fully saturated rings. The third-order valence-electron chi connectivity index (χ3n) is 3.48. The topological polar surface area (TPSA) is 88.7 Å². The van der Waals surface area contributed by atoms with Crippen LogP contribution < -0.4 is 5.32 Å². The molecule has 0 amide bonds. The van der Waals surface area contributed by atoms with Crippen molar-refractivity contribution in [2.45, 2.75) is 0 Å². The minimum absolute atomic E-state index is 0.0179. The molecule has 5 nitrogen and oxygen atoms in total. The van der Waals surface area contributed by atoms with Crippen LogP contribution in [0.1, 0.15) is 0 Å². The maximum atomic E-state index is 10.6. The van der Waals surface area contributed by atoms with E-state index >= 15 is 0 Å². The third-order valence-corrected chi connectivity index (χ3v) is 3.48. The van der Waals surface area contributed by atoms with Gasteiger partial charge >= 0.3 is 0 Å². The van der Waals surface area contributed by atoms with E-state index in [1.807, 2.05) is 6.07 Å². The van der Waals surface area contributed by atoms with Crippen LogP contribution in [0.3, 0.4) is 0 Å². The lowest BCUT2D eigenvalue weighted by molar-refractivity contribution is 0.478. The SMILES string of the molecule is CNc1cccc2c(O)c3cccc(N=N)c3c(O)c12. The number of aromatic hydroxyl groups is 2. The number of hydrogen-bond donors (Lipinski definition) is 4. The first-order valence-electron chi connectivity index (χ1n) is 6.13. The molecule has 0 aliphatic carbocycles. The van der Waals surface area contributed by atoms with Gasteiger partial charge in [-0.1, -0.05) is 24.3 Å². The summed E-state index contributed by atoms with van der Waals surface area (Å²) in [6, 6.07) is 10.4. The van der Waals surface area contributed by atoms with E-state index in [1.54, 1.807) is 37.4 Å². The molecule has 5 heteroatoms. The van der Waals surface area contributed by atoms with Gasteiger partial charge in [0.15, 0.2) is 0 Å². The zero-order valence-corrected chi connectivity index (χ0v) is 10.8. The minimum Gasteiger partial charge on any atom is -0.507 e. The predicted molar refractivity (Wildman–Crippen MR) is 79.1 cm³/mol. The summed E-state index contributed by atoms with van der Waals surface area (Å²) in [7, 11) is 1.75. The van der Waals surface area contributed by atoms with Gasteiger partial charge in [0, 0.05) is 23.5 Å². The van der Waals surface area contributed by atoms with Crippen molar-refractivity contribution in [3.63, 3.8) is 0 Å². The predicted octanol–water partition coefficient (Wildman–Crippen LogP) is 4.11. The lowest BCUT2D eigenvalue weighted by Crippen LogP contribution is -1.91. The van der Waals surface area contributed by atoms with Gasteiger partial charge in [-0.3, -0.25) is 0 Å². The van der Waals surface area contributed by atoms with E-state index in [-0.39, 0.29) is 11.5 Å². The Hall–Kier alpha value is -2.82. The van der Waals surface area contributed by atoms with Crippen LogP contribution in [0.15, 0.2) is 41.5 Å². The summed E-state index contributed by atoms with van der Waals surface area (Å²) in [5.41, 5.74) is 8.24. The van der Waals surface area contributed by atoms with Gasteiger partial charge in [-0.2, -0.15) is 5.11 Å². The van der Waals surface area contributed by atoms with Crippen molar-refractivity contribution in [1.82, 2.24) is 0 Å². The van der Waals surface area contributed by atoms with Crippen LogP contribution in [0, 0.1) is 5.53 Å². The van der Waals surface area contributed by atoms with E-state index in [2.05, 4.69) is 10.4 Å². The van der Waals surface area contributed by atoms with Crippen LogP contribution in [0.25, 0.3) is 21.5 Å². The summed E-state index contributed by atoms with van der Waals surface area (Å²) in [6.45, 7) is 0. The summed E-state index contributed by atoms with van der Waals surface area (Å²) in [5.74, 6) is 0.0970. The highest BCUT2D eigenvalue weighted by Gasteiger charge is 2.17. The summed E-state index contributed by atoms with van der Waals surface area (Å²) in [6.07, 6.45) is 0. The summed E-state index contributed by atoms with van der Waals surface area (Å²) >= 11 is 0. The van der Waals surface area contributed by atoms with Crippen LogP contribution in [-0.2, 0) is 0 Å². The third kappa shape index (κ3) is 1.50. The van der Waals surface area contributed by atoms with Crippen molar-refractivity contribution in [1.29, 1.82) is 5.53 Å². The van der Waals surface area contributed by atoms with Gasteiger partial charge in [0.1, 0.15) is 11.5 Å². The number of nitrogens with zero attached hydrogens (tertiary/aromatic N) is 1. The average molecular weight is 267 g/mol. The number of phenolic OH excluding ortho intramolecular Hbond substituents is 2. The maximum absolute atomic E-state index is 10.6. The first-order chi connectivity index (χ1) is 9.69. The molecule has 0 atom stereocenters. The molecular formula is C15H13N3O2. The molecule has 100 valence electrons. The molecule has 0 unspecified atom stereocenters. The monoisotopic (exact) mass is 267 g/mol. The first kappa shape index (κ1) is 12.2. The lowest BCUT2D eigenvalue weighted by atomic mass is 9.98. The highest BCUT2D eigenvalue weighted by atomic mass is 16.3. The number of benzene rings is 3. The molecule has 0 spiro atoms. The second-order valence-corrected chi connectivity index (χ2v) is 4.49. The Bertz CT molecular complexity index is 844. The number of fused-ring (bicyclic) bond motifs is 2. The molecule has 0 aliphatic heterocycles. The van der Waals surface area contributed by atoms with Gasteiger partial charge in [0.05, 0.1) is 16.5 Å². The molecule has 3 aromatic rings. The molecule has 0 bridgehead atoms. The van der Waals surface area contributed by atoms with E-state index in [4.69, 9.17) is 5.53 Å². The molecule has 0 aliphatic rings. The molecule has 0 saturated carbocycles. The summed E-state index contributed by atoms with van der Waals surface area (Å²) in [5, 5.41) is 29.4. The smallest absolute Gasteiger partial charge is 0.135 e. The van der Waals surface area contributed by atoms with Gasteiger partial charge in [-0.25, -0.2) is 5.53 Å². The molecule has 3 rings (SSSR count). The maximum Gasteiger partial charge on any atom is 0.135 e. The van der Waals surface area contributed by atoms with E-state index in [0.29, 0.717) is 32.9 Å². The fourth-order valence-corrected chi connectivity index (χ4v) is 2.56. The molecule has 0 saturated heterocycles. The van der Waals surface area contributed by atoms with Gasteiger partial charge in [0.2, 0.25) is 0 Å². The molecule has 4 N–H and O–H groups in total. The number of rotatable bonds is 2. The molecular weight excluding hydrogens is 254 g/mol. The Morgan fingerprint density at radius 1 is 0.950 bits per heavy atom. The summed E-state index contributed by atoms with van der Waals surface area (Å²) in [4.78, 5) is 0. The van der Waals surface area contributed by atoms with E-state index in [0.717, 1.165) is 0 Å². The number of hydrogen-bond acceptors (Lipinski definition) is 5. The van der Waals surface area contributed by atoms with Crippen LogP contribution in [0.2, 0.25) is 0 Å². The van der Waals surface area contributed by atoms with Gasteiger partial charge in [0.25, 0.3) is 0 Å². The molecule has 0 heterocycles. The first-order valence-corrected chi connectivity index (χ1v) is 6.13. The minimum atomic E-state index is 0.0179. The number of nitrogens with one attached hydrogen (secondary N) is 2. The van der Waals surface area contributed by atoms with Crippen molar-refractivity contribution >= 4 is 32.9 Å². The highest BCUT2D eigenvalue weighted by molar-refractivity contribution is 6.17. The second kappa shape index (κ2) is 4.38. The summed E-state index contributed by atoms with van der Waals surface area (Å²) < 4.78 is 0. The fraction of sp³-hybridized carbons (Fsp3) is 0.0667. The number of phenols is 2. The standard InChI is InChI=1S/C15H13N3O2/c1-17-10-6-2-4-8-12(10)15(20)13-9(14(8)19)5-3-7-11(13)18-16/h2-7,16-17,19-20H,1H3. The van der Waals surface area contributed by atoms with Crippen molar-refractivity contribution in [2.75, 3.05) is 12.4 Å². The normalized spacial score (nSPS) is 10.8. The van der Waals surface area contributed by atoms with Crippen LogP contribution in [-0.4, -0.2) is 17.3 Å². The van der Waals surface area contributed by atoms with Crippen molar-refractivity contribution in [3.8, 4) is 11.5 Å². The Morgan fingerprint density at radius 2 is 1.60 bits per heavy atom. The number of anilines is 1. The van der Waals surface area contributed by atoms with Crippen LogP contribution in [0.4, 0.5) is 11.4 Å². The molecule has 3 aromatic carbocycles. The Morgan fingerprint density at radius 3 is 2.25 bits per heavy atom.